The smallest absolute Gasteiger partial charge is 0.333 e. The molecule has 0 fully saturated rings. The van der Waals surface area contributed by atoms with Gasteiger partial charge in [0.2, 0.25) is 5.91 Å². The van der Waals surface area contributed by atoms with Gasteiger partial charge in [-0.3, -0.25) is 4.79 Å². The van der Waals surface area contributed by atoms with Crippen LogP contribution in [0.15, 0.2) is 11.6 Å². The molecule has 0 atom stereocenters. The van der Waals surface area contributed by atoms with Crippen molar-refractivity contribution in [2.24, 2.45) is 0 Å². The van der Waals surface area contributed by atoms with Crippen LogP contribution >= 0.6 is 0 Å². The van der Waals surface area contributed by atoms with Crippen LogP contribution in [-0.4, -0.2) is 50.1 Å². The summed E-state index contributed by atoms with van der Waals surface area (Å²) in [5.74, 6) is -0.277. The maximum atomic E-state index is 11.6. The van der Waals surface area contributed by atoms with Crippen molar-refractivity contribution >= 4 is 11.9 Å². The number of amides is 1. The average Bonchev–Trinajstić information content (AvgIpc) is 2.34. The standard InChI is InChI=1S/C12H22N2O3/c1-5-14(6-2)11(15)9-13-8-7-10(3)12(16)17-4/h7,13H,5-6,8-9H2,1-4H3/b10-7-. The lowest BCUT2D eigenvalue weighted by Crippen LogP contribution is -2.38. The number of ether oxygens (including phenoxy) is 1. The van der Waals surface area contributed by atoms with E-state index < -0.39 is 0 Å². The SMILES string of the molecule is CCN(CC)C(=O)CNC/C=C(/C)C(=O)OC. The quantitative estimate of drug-likeness (QED) is 0.403. The highest BCUT2D eigenvalue weighted by molar-refractivity contribution is 5.87. The molecular weight excluding hydrogens is 220 g/mol. The van der Waals surface area contributed by atoms with Gasteiger partial charge in [-0.1, -0.05) is 6.08 Å². The fourth-order valence-electron chi connectivity index (χ4n) is 1.34. The lowest BCUT2D eigenvalue weighted by Gasteiger charge is -2.18. The Hall–Kier alpha value is -1.36. The van der Waals surface area contributed by atoms with Crippen molar-refractivity contribution in [1.82, 2.24) is 10.2 Å². The van der Waals surface area contributed by atoms with Gasteiger partial charge in [0.1, 0.15) is 0 Å². The first-order valence-corrected chi connectivity index (χ1v) is 5.80. The van der Waals surface area contributed by atoms with E-state index in [4.69, 9.17) is 0 Å². The van der Waals surface area contributed by atoms with Crippen LogP contribution in [0.2, 0.25) is 0 Å². The normalized spacial score (nSPS) is 11.2. The van der Waals surface area contributed by atoms with Gasteiger partial charge in [-0.25, -0.2) is 4.79 Å². The summed E-state index contributed by atoms with van der Waals surface area (Å²) in [6, 6.07) is 0. The van der Waals surface area contributed by atoms with E-state index in [2.05, 4.69) is 10.1 Å². The monoisotopic (exact) mass is 242 g/mol. The van der Waals surface area contributed by atoms with Crippen LogP contribution in [0.1, 0.15) is 20.8 Å². The first-order valence-electron chi connectivity index (χ1n) is 5.80. The second-order valence-corrected chi connectivity index (χ2v) is 3.58. The molecule has 0 aliphatic carbocycles. The number of hydrogen-bond donors (Lipinski definition) is 1. The molecule has 17 heavy (non-hydrogen) atoms. The van der Waals surface area contributed by atoms with Crippen molar-refractivity contribution < 1.29 is 14.3 Å². The summed E-state index contributed by atoms with van der Waals surface area (Å²) in [7, 11) is 1.34. The fraction of sp³-hybridized carbons (Fsp3) is 0.667. The lowest BCUT2D eigenvalue weighted by molar-refractivity contribution is -0.136. The van der Waals surface area contributed by atoms with Crippen molar-refractivity contribution in [1.29, 1.82) is 0 Å². The Morgan fingerprint density at radius 3 is 2.35 bits per heavy atom. The highest BCUT2D eigenvalue weighted by Gasteiger charge is 2.08. The highest BCUT2D eigenvalue weighted by atomic mass is 16.5. The molecule has 0 rings (SSSR count). The van der Waals surface area contributed by atoms with E-state index in [9.17, 15) is 9.59 Å². The number of likely N-dealkylation sites (N-methyl/N-ethyl adjacent to an activating group) is 1. The second kappa shape index (κ2) is 8.75. The number of nitrogens with one attached hydrogen (secondary N) is 1. The summed E-state index contributed by atoms with van der Waals surface area (Å²) in [5.41, 5.74) is 0.537. The van der Waals surface area contributed by atoms with Gasteiger partial charge in [-0.2, -0.15) is 0 Å². The van der Waals surface area contributed by atoms with Crippen LogP contribution in [0.4, 0.5) is 0 Å². The Bertz CT molecular complexity index is 283. The van der Waals surface area contributed by atoms with Crippen LogP contribution in [0, 0.1) is 0 Å². The molecule has 0 aliphatic rings. The molecule has 0 spiro atoms. The van der Waals surface area contributed by atoms with Crippen LogP contribution in [-0.2, 0) is 14.3 Å². The number of carbonyl (C=O) groups is 2. The van der Waals surface area contributed by atoms with Crippen molar-refractivity contribution in [3.05, 3.63) is 11.6 Å². The summed E-state index contributed by atoms with van der Waals surface area (Å²) in [5, 5.41) is 2.97. The zero-order valence-electron chi connectivity index (χ0n) is 11.1. The summed E-state index contributed by atoms with van der Waals surface area (Å²) in [6.07, 6.45) is 1.71. The minimum Gasteiger partial charge on any atom is -0.466 e. The summed E-state index contributed by atoms with van der Waals surface area (Å²) >= 11 is 0. The molecule has 0 saturated carbocycles. The Kier molecular flexibility index (Phi) is 8.05. The molecule has 1 N–H and O–H groups in total. The molecule has 0 unspecified atom stereocenters. The molecule has 0 aromatic heterocycles. The molecule has 0 aliphatic heterocycles. The van der Waals surface area contributed by atoms with Gasteiger partial charge in [-0.15, -0.1) is 0 Å². The van der Waals surface area contributed by atoms with E-state index in [0.29, 0.717) is 25.2 Å². The van der Waals surface area contributed by atoms with Crippen molar-refractivity contribution in [2.75, 3.05) is 33.3 Å². The van der Waals surface area contributed by atoms with Crippen LogP contribution in [0.3, 0.4) is 0 Å². The van der Waals surface area contributed by atoms with E-state index in [1.54, 1.807) is 17.9 Å². The second-order valence-electron chi connectivity index (χ2n) is 3.58. The molecule has 0 aromatic carbocycles. The first-order chi connectivity index (χ1) is 8.06. The largest absolute Gasteiger partial charge is 0.466 e. The number of nitrogens with zero attached hydrogens (tertiary/aromatic N) is 1. The zero-order chi connectivity index (χ0) is 13.3. The average molecular weight is 242 g/mol. The summed E-state index contributed by atoms with van der Waals surface area (Å²) in [6.45, 7) is 7.77. The number of rotatable bonds is 7. The van der Waals surface area contributed by atoms with Gasteiger partial charge in [0, 0.05) is 25.2 Å². The molecule has 98 valence electrons. The van der Waals surface area contributed by atoms with E-state index in [0.717, 1.165) is 0 Å². The van der Waals surface area contributed by atoms with Crippen LogP contribution in [0.25, 0.3) is 0 Å². The molecule has 0 aromatic rings. The molecule has 0 saturated heterocycles. The topological polar surface area (TPSA) is 58.6 Å². The third-order valence-corrected chi connectivity index (χ3v) is 2.45. The molecule has 5 nitrogen and oxygen atoms in total. The minimum absolute atomic E-state index is 0.0686. The summed E-state index contributed by atoms with van der Waals surface area (Å²) < 4.78 is 4.55. The molecule has 0 bridgehead atoms. The third kappa shape index (κ3) is 6.06. The minimum atomic E-state index is -0.345. The van der Waals surface area contributed by atoms with Gasteiger partial charge in [-0.05, 0) is 20.8 Å². The van der Waals surface area contributed by atoms with E-state index in [1.165, 1.54) is 7.11 Å². The van der Waals surface area contributed by atoms with E-state index >= 15 is 0 Å². The van der Waals surface area contributed by atoms with Crippen LogP contribution < -0.4 is 5.32 Å². The van der Waals surface area contributed by atoms with Gasteiger partial charge in [0.25, 0.3) is 0 Å². The Morgan fingerprint density at radius 2 is 1.88 bits per heavy atom. The highest BCUT2D eigenvalue weighted by Crippen LogP contribution is 1.93. The first kappa shape index (κ1) is 15.6. The van der Waals surface area contributed by atoms with Crippen molar-refractivity contribution in [2.45, 2.75) is 20.8 Å². The molecule has 0 radical (unpaired) electrons. The third-order valence-electron chi connectivity index (χ3n) is 2.45. The van der Waals surface area contributed by atoms with Crippen molar-refractivity contribution in [3.8, 4) is 0 Å². The Labute approximate surface area is 103 Å². The predicted octanol–water partition coefficient (Wildman–Crippen LogP) is 0.564. The molecule has 5 heteroatoms. The van der Waals surface area contributed by atoms with Gasteiger partial charge in [0.15, 0.2) is 0 Å². The Balaban J connectivity index is 3.92. The maximum Gasteiger partial charge on any atom is 0.333 e. The summed E-state index contributed by atoms with van der Waals surface area (Å²) in [4.78, 5) is 24.4. The maximum absolute atomic E-state index is 11.6. The zero-order valence-corrected chi connectivity index (χ0v) is 11.1. The Morgan fingerprint density at radius 1 is 1.29 bits per heavy atom. The number of methoxy groups -OCH3 is 1. The number of esters is 1. The number of hydrogen-bond acceptors (Lipinski definition) is 4. The lowest BCUT2D eigenvalue weighted by atomic mass is 10.3. The van der Waals surface area contributed by atoms with Gasteiger partial charge >= 0.3 is 5.97 Å². The van der Waals surface area contributed by atoms with Gasteiger partial charge < -0.3 is 15.0 Å². The number of carbonyl (C=O) groups excluding carboxylic acids is 2. The molecular formula is C12H22N2O3. The van der Waals surface area contributed by atoms with Crippen molar-refractivity contribution in [3.63, 3.8) is 0 Å². The fourth-order valence-corrected chi connectivity index (χ4v) is 1.34. The van der Waals surface area contributed by atoms with E-state index in [-0.39, 0.29) is 18.4 Å². The van der Waals surface area contributed by atoms with Gasteiger partial charge in [0.05, 0.1) is 13.7 Å². The molecule has 0 heterocycles. The molecule has 1 amide bonds. The van der Waals surface area contributed by atoms with Crippen LogP contribution in [0.5, 0.6) is 0 Å². The van der Waals surface area contributed by atoms with E-state index in [1.807, 2.05) is 13.8 Å². The predicted molar refractivity (Wildman–Crippen MR) is 66.6 cm³/mol.